The highest BCUT2D eigenvalue weighted by Gasteiger charge is 2.59. The van der Waals surface area contributed by atoms with E-state index in [1.54, 1.807) is 6.92 Å². The fourth-order valence-corrected chi connectivity index (χ4v) is 6.30. The van der Waals surface area contributed by atoms with Gasteiger partial charge in [-0.2, -0.15) is 0 Å². The standard InChI is InChI=1S/C22H41N3O4/c1-12(2)14-5-7-15(8-6-14)17(26)19-22(4,28)18(27)21(29-19)25-10-9-16-13(3)23-11-24-20(16)25/h12-21,23-24,26-28H,5-11H2,1-4H3/t13?,14?,15?,16?,17-,18+,19-,20?,21-,22+/m1/s1. The topological polar surface area (TPSA) is 97.2 Å². The van der Waals surface area contributed by atoms with Crippen LogP contribution in [0.1, 0.15) is 59.8 Å². The van der Waals surface area contributed by atoms with E-state index in [1.165, 1.54) is 0 Å². The Kier molecular flexibility index (Phi) is 6.31. The fraction of sp³-hybridized carbons (Fsp3) is 1.00. The molecule has 3 saturated heterocycles. The van der Waals surface area contributed by atoms with Crippen LogP contribution in [0.25, 0.3) is 0 Å². The fourth-order valence-electron chi connectivity index (χ4n) is 6.30. The number of ether oxygens (including phenoxy) is 1. The largest absolute Gasteiger partial charge is 0.390 e. The second-order valence-corrected chi connectivity index (χ2v) is 10.5. The number of hydrogen-bond acceptors (Lipinski definition) is 7. The molecule has 168 valence electrons. The molecule has 0 amide bonds. The minimum Gasteiger partial charge on any atom is -0.390 e. The molecule has 7 nitrogen and oxygen atoms in total. The van der Waals surface area contributed by atoms with E-state index in [-0.39, 0.29) is 12.1 Å². The molecule has 5 N–H and O–H groups in total. The first-order chi connectivity index (χ1) is 13.7. The van der Waals surface area contributed by atoms with Crippen molar-refractivity contribution in [1.82, 2.24) is 15.5 Å². The van der Waals surface area contributed by atoms with Crippen molar-refractivity contribution in [1.29, 1.82) is 0 Å². The van der Waals surface area contributed by atoms with Crippen LogP contribution in [0.5, 0.6) is 0 Å². The summed E-state index contributed by atoms with van der Waals surface area (Å²) in [6.07, 6.45) is 2.14. The van der Waals surface area contributed by atoms with Gasteiger partial charge in [0.05, 0.1) is 12.3 Å². The van der Waals surface area contributed by atoms with Crippen LogP contribution < -0.4 is 10.6 Å². The molecule has 3 aliphatic heterocycles. The lowest BCUT2D eigenvalue weighted by molar-refractivity contribution is -0.147. The van der Waals surface area contributed by atoms with E-state index in [0.29, 0.717) is 17.9 Å². The van der Waals surface area contributed by atoms with Gasteiger partial charge in [0.2, 0.25) is 0 Å². The maximum atomic E-state index is 11.1. The van der Waals surface area contributed by atoms with Crippen LogP contribution in [0.15, 0.2) is 0 Å². The number of fused-ring (bicyclic) bond motifs is 1. The molecule has 0 aromatic carbocycles. The molecule has 7 heteroatoms. The van der Waals surface area contributed by atoms with Gasteiger partial charge in [-0.1, -0.05) is 13.8 Å². The van der Waals surface area contributed by atoms with Crippen LogP contribution in [0.3, 0.4) is 0 Å². The molecule has 0 spiro atoms. The average Bonchev–Trinajstić information content (AvgIpc) is 3.22. The van der Waals surface area contributed by atoms with Crippen molar-refractivity contribution >= 4 is 0 Å². The van der Waals surface area contributed by atoms with Gasteiger partial charge >= 0.3 is 0 Å². The van der Waals surface area contributed by atoms with Crippen LogP contribution in [0.2, 0.25) is 0 Å². The van der Waals surface area contributed by atoms with Gasteiger partial charge in [0.15, 0.2) is 0 Å². The number of likely N-dealkylation sites (tertiary alicyclic amines) is 1. The smallest absolute Gasteiger partial charge is 0.141 e. The molecule has 0 aromatic heterocycles. The summed E-state index contributed by atoms with van der Waals surface area (Å²) in [5.74, 6) is 1.96. The molecule has 8 atom stereocenters. The zero-order valence-electron chi connectivity index (χ0n) is 18.4. The number of aliphatic hydroxyl groups is 3. The second-order valence-electron chi connectivity index (χ2n) is 10.5. The normalized spacial score (nSPS) is 50.1. The molecule has 1 aliphatic carbocycles. The molecule has 0 bridgehead atoms. The quantitative estimate of drug-likeness (QED) is 0.468. The summed E-state index contributed by atoms with van der Waals surface area (Å²) in [5.41, 5.74) is -1.46. The Bertz CT molecular complexity index is 566. The first-order valence-electron chi connectivity index (χ1n) is 11.7. The van der Waals surface area contributed by atoms with Crippen molar-refractivity contribution < 1.29 is 20.1 Å². The Balaban J connectivity index is 1.44. The maximum absolute atomic E-state index is 11.1. The molecule has 0 radical (unpaired) electrons. The monoisotopic (exact) mass is 411 g/mol. The first kappa shape index (κ1) is 21.9. The van der Waals surface area contributed by atoms with E-state index in [4.69, 9.17) is 4.74 Å². The highest BCUT2D eigenvalue weighted by Crippen LogP contribution is 2.43. The lowest BCUT2D eigenvalue weighted by Crippen LogP contribution is -2.62. The zero-order valence-corrected chi connectivity index (χ0v) is 18.4. The number of nitrogens with zero attached hydrogens (tertiary/aromatic N) is 1. The summed E-state index contributed by atoms with van der Waals surface area (Å²) >= 11 is 0. The number of nitrogens with one attached hydrogen (secondary N) is 2. The van der Waals surface area contributed by atoms with Gasteiger partial charge in [-0.25, -0.2) is 0 Å². The molecule has 4 aliphatic rings. The summed E-state index contributed by atoms with van der Waals surface area (Å²) in [6, 6.07) is 0.405. The minimum absolute atomic E-state index is 0.121. The molecule has 3 unspecified atom stereocenters. The Morgan fingerprint density at radius 2 is 1.72 bits per heavy atom. The van der Waals surface area contributed by atoms with Crippen LogP contribution in [0, 0.1) is 23.7 Å². The number of aliphatic hydroxyl groups excluding tert-OH is 2. The van der Waals surface area contributed by atoms with Gasteiger partial charge in [0, 0.05) is 25.2 Å². The SMILES string of the molecule is CC(C)C1CCC([C@@H](O)[C@H]2O[C@@H](N3CCC4C(C)NCNC43)[C@H](O)[C@]2(C)O)CC1. The Morgan fingerprint density at radius 3 is 2.38 bits per heavy atom. The van der Waals surface area contributed by atoms with Crippen molar-refractivity contribution in [2.45, 2.75) is 102 Å². The number of hydrogen-bond donors (Lipinski definition) is 5. The van der Waals surface area contributed by atoms with Crippen molar-refractivity contribution in [2.75, 3.05) is 13.2 Å². The zero-order chi connectivity index (χ0) is 20.9. The molecule has 0 aromatic rings. The third kappa shape index (κ3) is 3.88. The third-order valence-electron chi connectivity index (χ3n) is 8.47. The van der Waals surface area contributed by atoms with Crippen LogP contribution in [0.4, 0.5) is 0 Å². The average molecular weight is 412 g/mol. The van der Waals surface area contributed by atoms with E-state index >= 15 is 0 Å². The van der Waals surface area contributed by atoms with Crippen LogP contribution in [-0.2, 0) is 4.74 Å². The van der Waals surface area contributed by atoms with Crippen LogP contribution >= 0.6 is 0 Å². The highest BCUT2D eigenvalue weighted by molar-refractivity contribution is 5.07. The van der Waals surface area contributed by atoms with E-state index in [2.05, 4.69) is 36.3 Å². The van der Waals surface area contributed by atoms with Crippen molar-refractivity contribution in [3.05, 3.63) is 0 Å². The second kappa shape index (κ2) is 8.34. The van der Waals surface area contributed by atoms with Crippen molar-refractivity contribution in [3.63, 3.8) is 0 Å². The van der Waals surface area contributed by atoms with Gasteiger partial charge in [-0.05, 0) is 63.7 Å². The predicted octanol–water partition coefficient (Wildman–Crippen LogP) is 0.833. The van der Waals surface area contributed by atoms with Crippen molar-refractivity contribution in [3.8, 4) is 0 Å². The van der Waals surface area contributed by atoms with Gasteiger partial charge in [-0.3, -0.25) is 10.2 Å². The lowest BCUT2D eigenvalue weighted by atomic mass is 9.73. The number of rotatable bonds is 4. The summed E-state index contributed by atoms with van der Waals surface area (Å²) in [4.78, 5) is 2.16. The van der Waals surface area contributed by atoms with Gasteiger partial charge in [0.25, 0.3) is 0 Å². The van der Waals surface area contributed by atoms with Gasteiger partial charge in [-0.15, -0.1) is 0 Å². The molecular weight excluding hydrogens is 370 g/mol. The van der Waals surface area contributed by atoms with E-state index in [0.717, 1.165) is 51.2 Å². The Labute approximate surface area is 175 Å². The van der Waals surface area contributed by atoms with Crippen molar-refractivity contribution in [2.24, 2.45) is 23.7 Å². The third-order valence-corrected chi connectivity index (χ3v) is 8.47. The summed E-state index contributed by atoms with van der Waals surface area (Å²) in [5, 5.41) is 40.2. The predicted molar refractivity (Wildman–Crippen MR) is 111 cm³/mol. The van der Waals surface area contributed by atoms with Crippen LogP contribution in [-0.4, -0.2) is 75.8 Å². The Morgan fingerprint density at radius 1 is 1.07 bits per heavy atom. The molecule has 4 rings (SSSR count). The molecule has 4 fully saturated rings. The van der Waals surface area contributed by atoms with Gasteiger partial charge < -0.3 is 25.4 Å². The van der Waals surface area contributed by atoms with E-state index in [9.17, 15) is 15.3 Å². The summed E-state index contributed by atoms with van der Waals surface area (Å²) in [6.45, 7) is 9.90. The Hall–Kier alpha value is -0.280. The molecule has 29 heavy (non-hydrogen) atoms. The van der Waals surface area contributed by atoms with E-state index in [1.807, 2.05) is 0 Å². The minimum atomic E-state index is -1.46. The lowest BCUT2D eigenvalue weighted by Gasteiger charge is -2.40. The molecule has 1 saturated carbocycles. The molecular formula is C22H41N3O4. The summed E-state index contributed by atoms with van der Waals surface area (Å²) < 4.78 is 6.26. The summed E-state index contributed by atoms with van der Waals surface area (Å²) in [7, 11) is 0. The molecule has 3 heterocycles. The van der Waals surface area contributed by atoms with E-state index < -0.39 is 30.1 Å². The van der Waals surface area contributed by atoms with Gasteiger partial charge in [0.1, 0.15) is 24.0 Å². The first-order valence-corrected chi connectivity index (χ1v) is 11.7. The highest BCUT2D eigenvalue weighted by atomic mass is 16.6. The maximum Gasteiger partial charge on any atom is 0.141 e.